The van der Waals surface area contributed by atoms with E-state index < -0.39 is 0 Å². The summed E-state index contributed by atoms with van der Waals surface area (Å²) >= 11 is 0. The Kier molecular flexibility index (Phi) is 13.1. The predicted octanol–water partition coefficient (Wildman–Crippen LogP) is 15.8. The number of unbranched alkanes of at least 4 members (excludes halogenated alkanes) is 10. The molecule has 0 aromatic heterocycles. The Morgan fingerprint density at radius 2 is 0.865 bits per heavy atom. The molecule has 0 bridgehead atoms. The highest BCUT2D eigenvalue weighted by Gasteiger charge is 2.42. The molecule has 52 heavy (non-hydrogen) atoms. The van der Waals surface area contributed by atoms with Crippen LogP contribution in [0.5, 0.6) is 0 Å². The lowest BCUT2D eigenvalue weighted by molar-refractivity contribution is 0.398. The van der Waals surface area contributed by atoms with Gasteiger partial charge in [0.2, 0.25) is 0 Å². The average molecular weight is 690 g/mol. The Balaban J connectivity index is 1.35. The summed E-state index contributed by atoms with van der Waals surface area (Å²) in [6.45, 7) is 11.3. The number of benzene rings is 5. The average Bonchev–Trinajstić information content (AvgIpc) is 3.43. The molecule has 0 saturated heterocycles. The number of hydrogen-bond donors (Lipinski definition) is 0. The van der Waals surface area contributed by atoms with Gasteiger partial charge in [-0.15, -0.1) is 0 Å². The number of nitrogens with zero attached hydrogens (tertiary/aromatic N) is 1. The van der Waals surface area contributed by atoms with Crippen molar-refractivity contribution < 1.29 is 0 Å². The van der Waals surface area contributed by atoms with Gasteiger partial charge < -0.3 is 4.90 Å². The lowest BCUT2D eigenvalue weighted by Gasteiger charge is -2.33. The molecule has 0 saturated carbocycles. The molecular formula is C51H63N. The zero-order valence-electron chi connectivity index (χ0n) is 32.9. The molecule has 1 nitrogen and oxygen atoms in total. The first-order valence-electron chi connectivity index (χ1n) is 20.8. The zero-order chi connectivity index (χ0) is 36.3. The smallest absolute Gasteiger partial charge is 0.0462 e. The van der Waals surface area contributed by atoms with Crippen LogP contribution in [0.2, 0.25) is 0 Å². The van der Waals surface area contributed by atoms with Crippen molar-refractivity contribution in [3.8, 4) is 22.3 Å². The van der Waals surface area contributed by atoms with Gasteiger partial charge in [0.25, 0.3) is 0 Å². The predicted molar refractivity (Wildman–Crippen MR) is 228 cm³/mol. The minimum atomic E-state index is 0.0923. The highest BCUT2D eigenvalue weighted by Crippen LogP contribution is 2.55. The van der Waals surface area contributed by atoms with Crippen LogP contribution < -0.4 is 4.90 Å². The molecule has 5 aromatic carbocycles. The van der Waals surface area contributed by atoms with E-state index in [-0.39, 0.29) is 5.41 Å². The lowest BCUT2D eigenvalue weighted by atomic mass is 9.70. The summed E-state index contributed by atoms with van der Waals surface area (Å²) < 4.78 is 0. The van der Waals surface area contributed by atoms with Gasteiger partial charge in [-0.05, 0) is 115 Å². The molecule has 0 aliphatic heterocycles. The second-order valence-corrected chi connectivity index (χ2v) is 15.7. The van der Waals surface area contributed by atoms with Crippen LogP contribution in [-0.2, 0) is 11.8 Å². The maximum atomic E-state index is 2.59. The normalized spacial score (nSPS) is 12.9. The molecule has 0 atom stereocenters. The van der Waals surface area contributed by atoms with Crippen LogP contribution in [0, 0.1) is 13.8 Å². The van der Waals surface area contributed by atoms with E-state index in [1.807, 2.05) is 0 Å². The van der Waals surface area contributed by atoms with Crippen molar-refractivity contribution >= 4 is 17.1 Å². The molecule has 0 heterocycles. The summed E-state index contributed by atoms with van der Waals surface area (Å²) in [4.78, 5) is 2.39. The molecular weight excluding hydrogens is 627 g/mol. The van der Waals surface area contributed by atoms with Crippen LogP contribution in [0.25, 0.3) is 22.3 Å². The molecule has 0 spiro atoms. The maximum Gasteiger partial charge on any atom is 0.0462 e. The van der Waals surface area contributed by atoms with Gasteiger partial charge in [-0.3, -0.25) is 0 Å². The van der Waals surface area contributed by atoms with Crippen molar-refractivity contribution in [2.75, 3.05) is 4.90 Å². The van der Waals surface area contributed by atoms with Crippen molar-refractivity contribution in [2.45, 2.75) is 136 Å². The lowest BCUT2D eigenvalue weighted by Crippen LogP contribution is -2.25. The zero-order valence-corrected chi connectivity index (χ0v) is 32.9. The first-order chi connectivity index (χ1) is 25.5. The summed E-state index contributed by atoms with van der Waals surface area (Å²) in [7, 11) is 0. The summed E-state index contributed by atoms with van der Waals surface area (Å²) in [5.74, 6) is 0. The molecule has 1 aliphatic carbocycles. The highest BCUT2D eigenvalue weighted by atomic mass is 15.1. The molecule has 0 amide bonds. The van der Waals surface area contributed by atoms with Crippen LogP contribution in [0.4, 0.5) is 17.1 Å². The van der Waals surface area contributed by atoms with E-state index in [0.717, 1.165) is 6.42 Å². The van der Waals surface area contributed by atoms with E-state index in [4.69, 9.17) is 0 Å². The molecule has 5 aromatic rings. The second kappa shape index (κ2) is 18.1. The highest BCUT2D eigenvalue weighted by molar-refractivity contribution is 5.85. The topological polar surface area (TPSA) is 3.24 Å². The van der Waals surface area contributed by atoms with Gasteiger partial charge in [-0.1, -0.05) is 176 Å². The minimum absolute atomic E-state index is 0.0923. The third-order valence-electron chi connectivity index (χ3n) is 11.8. The van der Waals surface area contributed by atoms with Gasteiger partial charge in [-0.2, -0.15) is 0 Å². The first kappa shape index (κ1) is 37.7. The number of hydrogen-bond acceptors (Lipinski definition) is 1. The summed E-state index contributed by atoms with van der Waals surface area (Å²) in [5, 5.41) is 0. The van der Waals surface area contributed by atoms with E-state index in [2.05, 4.69) is 149 Å². The van der Waals surface area contributed by atoms with E-state index in [1.54, 1.807) is 11.1 Å². The number of anilines is 3. The fourth-order valence-electron chi connectivity index (χ4n) is 8.69. The van der Waals surface area contributed by atoms with Crippen LogP contribution >= 0.6 is 0 Å². The van der Waals surface area contributed by atoms with Gasteiger partial charge in [0.1, 0.15) is 0 Å². The fourth-order valence-corrected chi connectivity index (χ4v) is 8.69. The SMILES string of the molecule is CCCCCCCCC1(CCCCCCCC)c2cc(C)ccc2-c2ccc(-c3ccc(N(c4ccc(C)cc4)c4ccc(CC)cc4)cc3)cc21. The number of aryl methyl sites for hydroxylation is 3. The molecule has 0 unspecified atom stereocenters. The molecule has 1 heteroatoms. The van der Waals surface area contributed by atoms with E-state index >= 15 is 0 Å². The van der Waals surface area contributed by atoms with Crippen molar-refractivity contribution in [3.05, 3.63) is 137 Å². The Morgan fingerprint density at radius 3 is 1.42 bits per heavy atom. The Bertz CT molecular complexity index is 1830. The van der Waals surface area contributed by atoms with Gasteiger partial charge in [0.15, 0.2) is 0 Å². The standard InChI is InChI=1S/C51H63N/c1-6-9-11-13-15-17-35-51(36-18-16-14-12-10-7-2)49-37-40(5)21-33-47(49)48-34-26-43(38-50(48)51)42-24-31-46(32-25-42)52(44-27-19-39(4)20-28-44)45-29-22-41(8-3)23-30-45/h19-34,37-38H,6-18,35-36H2,1-5H3. The molecule has 0 radical (unpaired) electrons. The minimum Gasteiger partial charge on any atom is -0.311 e. The third-order valence-corrected chi connectivity index (χ3v) is 11.8. The Hall–Kier alpha value is -4.10. The maximum absolute atomic E-state index is 2.59. The third kappa shape index (κ3) is 8.57. The first-order valence-corrected chi connectivity index (χ1v) is 20.8. The van der Waals surface area contributed by atoms with Gasteiger partial charge in [-0.25, -0.2) is 0 Å². The van der Waals surface area contributed by atoms with Crippen LogP contribution in [-0.4, -0.2) is 0 Å². The molecule has 6 rings (SSSR count). The van der Waals surface area contributed by atoms with Crippen molar-refractivity contribution in [1.29, 1.82) is 0 Å². The van der Waals surface area contributed by atoms with Crippen LogP contribution in [0.3, 0.4) is 0 Å². The molecule has 272 valence electrons. The van der Waals surface area contributed by atoms with Gasteiger partial charge >= 0.3 is 0 Å². The number of rotatable bonds is 19. The van der Waals surface area contributed by atoms with Crippen LogP contribution in [0.15, 0.2) is 109 Å². The summed E-state index contributed by atoms with van der Waals surface area (Å²) in [6, 6.07) is 42.0. The van der Waals surface area contributed by atoms with Crippen molar-refractivity contribution in [3.63, 3.8) is 0 Å². The van der Waals surface area contributed by atoms with Crippen molar-refractivity contribution in [2.24, 2.45) is 0 Å². The molecule has 0 fully saturated rings. The quantitative estimate of drug-likeness (QED) is 0.0780. The second-order valence-electron chi connectivity index (χ2n) is 15.7. The monoisotopic (exact) mass is 689 g/mol. The molecule has 0 N–H and O–H groups in total. The van der Waals surface area contributed by atoms with E-state index in [1.165, 1.54) is 146 Å². The van der Waals surface area contributed by atoms with E-state index in [0.29, 0.717) is 0 Å². The Morgan fingerprint density at radius 1 is 0.423 bits per heavy atom. The van der Waals surface area contributed by atoms with Crippen LogP contribution in [0.1, 0.15) is 138 Å². The van der Waals surface area contributed by atoms with Gasteiger partial charge in [0.05, 0.1) is 0 Å². The van der Waals surface area contributed by atoms with Crippen molar-refractivity contribution in [1.82, 2.24) is 0 Å². The molecule has 1 aliphatic rings. The van der Waals surface area contributed by atoms with E-state index in [9.17, 15) is 0 Å². The fraction of sp³-hybridized carbons (Fsp3) is 0.412. The summed E-state index contributed by atoms with van der Waals surface area (Å²) in [6.07, 6.45) is 19.7. The number of fused-ring (bicyclic) bond motifs is 3. The largest absolute Gasteiger partial charge is 0.311 e. The summed E-state index contributed by atoms with van der Waals surface area (Å²) in [5.41, 5.74) is 16.4. The van der Waals surface area contributed by atoms with Gasteiger partial charge in [0, 0.05) is 22.5 Å². The Labute approximate surface area is 316 Å².